The van der Waals surface area contributed by atoms with Crippen LogP contribution in [-0.2, 0) is 11.3 Å². The van der Waals surface area contributed by atoms with E-state index in [1.54, 1.807) is 12.1 Å². The third kappa shape index (κ3) is 3.53. The van der Waals surface area contributed by atoms with Gasteiger partial charge in [0.05, 0.1) is 0 Å². The van der Waals surface area contributed by atoms with Gasteiger partial charge in [-0.05, 0) is 17.7 Å². The monoisotopic (exact) mass is 196 g/mol. The van der Waals surface area contributed by atoms with E-state index in [2.05, 4.69) is 5.32 Å². The zero-order valence-corrected chi connectivity index (χ0v) is 7.79. The maximum atomic E-state index is 12.5. The van der Waals surface area contributed by atoms with Crippen molar-refractivity contribution >= 4 is 5.91 Å². The molecule has 0 fully saturated rings. The molecule has 0 bridgehead atoms. The van der Waals surface area contributed by atoms with E-state index in [1.807, 2.05) is 0 Å². The molecule has 0 heterocycles. The van der Waals surface area contributed by atoms with Gasteiger partial charge in [-0.3, -0.25) is 4.79 Å². The molecule has 1 rings (SSSR count). The molecule has 1 amide bonds. The van der Waals surface area contributed by atoms with Crippen LogP contribution in [0, 0.1) is 5.82 Å². The number of hydrogen-bond donors (Lipinski definition) is 2. The Kier molecular flexibility index (Phi) is 4.07. The van der Waals surface area contributed by atoms with Crippen LogP contribution in [0.5, 0.6) is 0 Å². The number of halogens is 1. The van der Waals surface area contributed by atoms with Crippen molar-refractivity contribution < 1.29 is 9.18 Å². The van der Waals surface area contributed by atoms with Gasteiger partial charge in [0.25, 0.3) is 0 Å². The van der Waals surface area contributed by atoms with Crippen molar-refractivity contribution in [2.24, 2.45) is 5.73 Å². The summed E-state index contributed by atoms with van der Waals surface area (Å²) in [4.78, 5) is 11.0. The first-order valence-corrected chi connectivity index (χ1v) is 4.43. The van der Waals surface area contributed by atoms with E-state index in [-0.39, 0.29) is 11.7 Å². The van der Waals surface area contributed by atoms with Crippen LogP contribution >= 0.6 is 0 Å². The lowest BCUT2D eigenvalue weighted by Gasteiger charge is -2.03. The average molecular weight is 196 g/mol. The lowest BCUT2D eigenvalue weighted by molar-refractivity contribution is -0.121. The lowest BCUT2D eigenvalue weighted by atomic mass is 10.2. The molecular formula is C10H13FN2O. The van der Waals surface area contributed by atoms with Crippen molar-refractivity contribution in [3.63, 3.8) is 0 Å². The lowest BCUT2D eigenvalue weighted by Crippen LogP contribution is -2.24. The number of rotatable bonds is 4. The van der Waals surface area contributed by atoms with Gasteiger partial charge < -0.3 is 11.1 Å². The molecule has 0 atom stereocenters. The average Bonchev–Trinajstić information content (AvgIpc) is 2.17. The Balaban J connectivity index is 2.38. The van der Waals surface area contributed by atoms with Crippen LogP contribution in [0.1, 0.15) is 12.0 Å². The topological polar surface area (TPSA) is 55.1 Å². The molecule has 0 saturated heterocycles. The van der Waals surface area contributed by atoms with Crippen molar-refractivity contribution in [2.75, 3.05) is 6.54 Å². The zero-order chi connectivity index (χ0) is 10.4. The van der Waals surface area contributed by atoms with E-state index in [1.165, 1.54) is 12.1 Å². The SMILES string of the molecule is NCCC(=O)NCc1ccc(F)cc1. The highest BCUT2D eigenvalue weighted by Gasteiger charge is 1.99. The second-order valence-corrected chi connectivity index (χ2v) is 2.94. The highest BCUT2D eigenvalue weighted by atomic mass is 19.1. The number of carbonyl (C=O) groups excluding carboxylic acids is 1. The molecular weight excluding hydrogens is 183 g/mol. The Morgan fingerprint density at radius 3 is 2.57 bits per heavy atom. The number of nitrogens with two attached hydrogens (primary N) is 1. The molecule has 0 aromatic heterocycles. The predicted molar refractivity (Wildman–Crippen MR) is 51.9 cm³/mol. The van der Waals surface area contributed by atoms with Gasteiger partial charge in [0, 0.05) is 19.5 Å². The quantitative estimate of drug-likeness (QED) is 0.748. The summed E-state index contributed by atoms with van der Waals surface area (Å²) in [6.07, 6.45) is 0.321. The van der Waals surface area contributed by atoms with Crippen LogP contribution in [0.2, 0.25) is 0 Å². The van der Waals surface area contributed by atoms with Gasteiger partial charge in [-0.25, -0.2) is 4.39 Å². The molecule has 0 aliphatic heterocycles. The number of benzene rings is 1. The number of carbonyl (C=O) groups is 1. The Morgan fingerprint density at radius 2 is 2.00 bits per heavy atom. The summed E-state index contributed by atoms with van der Waals surface area (Å²) in [5.74, 6) is -0.362. The highest BCUT2D eigenvalue weighted by molar-refractivity contribution is 5.75. The fraction of sp³-hybridized carbons (Fsp3) is 0.300. The molecule has 0 aliphatic rings. The third-order valence-electron chi connectivity index (χ3n) is 1.77. The molecule has 0 spiro atoms. The first kappa shape index (κ1) is 10.7. The molecule has 0 unspecified atom stereocenters. The summed E-state index contributed by atoms with van der Waals surface area (Å²) in [5.41, 5.74) is 6.08. The van der Waals surface area contributed by atoms with E-state index in [0.29, 0.717) is 19.5 Å². The molecule has 3 N–H and O–H groups in total. The van der Waals surface area contributed by atoms with E-state index in [0.717, 1.165) is 5.56 Å². The first-order valence-electron chi connectivity index (χ1n) is 4.43. The van der Waals surface area contributed by atoms with Gasteiger partial charge in [-0.15, -0.1) is 0 Å². The molecule has 3 nitrogen and oxygen atoms in total. The fourth-order valence-corrected chi connectivity index (χ4v) is 1.02. The summed E-state index contributed by atoms with van der Waals surface area (Å²) in [6.45, 7) is 0.758. The van der Waals surface area contributed by atoms with Crippen LogP contribution in [0.25, 0.3) is 0 Å². The van der Waals surface area contributed by atoms with Gasteiger partial charge in [-0.1, -0.05) is 12.1 Å². The van der Waals surface area contributed by atoms with Gasteiger partial charge in [0.1, 0.15) is 5.82 Å². The zero-order valence-electron chi connectivity index (χ0n) is 7.79. The smallest absolute Gasteiger partial charge is 0.221 e. The normalized spacial score (nSPS) is 9.86. The van der Waals surface area contributed by atoms with Gasteiger partial charge >= 0.3 is 0 Å². The van der Waals surface area contributed by atoms with Crippen LogP contribution in [0.3, 0.4) is 0 Å². The minimum Gasteiger partial charge on any atom is -0.352 e. The van der Waals surface area contributed by atoms with Crippen molar-refractivity contribution in [2.45, 2.75) is 13.0 Å². The van der Waals surface area contributed by atoms with Crippen LogP contribution < -0.4 is 11.1 Å². The summed E-state index contributed by atoms with van der Waals surface area (Å²) in [7, 11) is 0. The Bertz CT molecular complexity index is 297. The van der Waals surface area contributed by atoms with E-state index in [4.69, 9.17) is 5.73 Å². The molecule has 14 heavy (non-hydrogen) atoms. The second-order valence-electron chi connectivity index (χ2n) is 2.94. The maximum absolute atomic E-state index is 12.5. The molecule has 0 radical (unpaired) electrons. The van der Waals surface area contributed by atoms with E-state index < -0.39 is 0 Å². The summed E-state index contributed by atoms with van der Waals surface area (Å²) in [5, 5.41) is 2.68. The standard InChI is InChI=1S/C10H13FN2O/c11-9-3-1-8(2-4-9)7-13-10(14)5-6-12/h1-4H,5-7,12H2,(H,13,14). The molecule has 4 heteroatoms. The molecule has 1 aromatic rings. The Labute approximate surface area is 82.1 Å². The molecule has 0 aliphatic carbocycles. The van der Waals surface area contributed by atoms with E-state index >= 15 is 0 Å². The molecule has 0 saturated carbocycles. The van der Waals surface area contributed by atoms with E-state index in [9.17, 15) is 9.18 Å². The minimum atomic E-state index is -0.276. The van der Waals surface area contributed by atoms with Gasteiger partial charge in [0.2, 0.25) is 5.91 Å². The Morgan fingerprint density at radius 1 is 1.36 bits per heavy atom. The van der Waals surface area contributed by atoms with Gasteiger partial charge in [-0.2, -0.15) is 0 Å². The number of amides is 1. The summed E-state index contributed by atoms with van der Waals surface area (Å²) >= 11 is 0. The molecule has 1 aromatic carbocycles. The fourth-order valence-electron chi connectivity index (χ4n) is 1.02. The largest absolute Gasteiger partial charge is 0.352 e. The molecule has 76 valence electrons. The number of hydrogen-bond acceptors (Lipinski definition) is 2. The van der Waals surface area contributed by atoms with Crippen molar-refractivity contribution in [3.8, 4) is 0 Å². The second kappa shape index (κ2) is 5.34. The van der Waals surface area contributed by atoms with Crippen LogP contribution in [0.15, 0.2) is 24.3 Å². The van der Waals surface area contributed by atoms with Crippen LogP contribution in [0.4, 0.5) is 4.39 Å². The maximum Gasteiger partial charge on any atom is 0.221 e. The van der Waals surface area contributed by atoms with Crippen molar-refractivity contribution in [3.05, 3.63) is 35.6 Å². The van der Waals surface area contributed by atoms with Crippen molar-refractivity contribution in [1.29, 1.82) is 0 Å². The van der Waals surface area contributed by atoms with Gasteiger partial charge in [0.15, 0.2) is 0 Å². The first-order chi connectivity index (χ1) is 6.72. The minimum absolute atomic E-state index is 0.0863. The van der Waals surface area contributed by atoms with Crippen molar-refractivity contribution in [1.82, 2.24) is 5.32 Å². The number of nitrogens with one attached hydrogen (secondary N) is 1. The predicted octanol–water partition coefficient (Wildman–Crippen LogP) is 0.791. The summed E-state index contributed by atoms with van der Waals surface area (Å²) in [6, 6.07) is 6.00. The third-order valence-corrected chi connectivity index (χ3v) is 1.77. The van der Waals surface area contributed by atoms with Crippen LogP contribution in [-0.4, -0.2) is 12.5 Å². The summed E-state index contributed by atoms with van der Waals surface area (Å²) < 4.78 is 12.5. The highest BCUT2D eigenvalue weighted by Crippen LogP contribution is 2.01. The Hall–Kier alpha value is -1.42.